The lowest BCUT2D eigenvalue weighted by Crippen LogP contribution is -2.19. The second kappa shape index (κ2) is 7.44. The molecule has 1 unspecified atom stereocenters. The van der Waals surface area contributed by atoms with Crippen molar-refractivity contribution < 1.29 is 9.90 Å². The van der Waals surface area contributed by atoms with Gasteiger partial charge in [-0.3, -0.25) is 0 Å². The Bertz CT molecular complexity index is 435. The topological polar surface area (TPSA) is 49.3 Å². The summed E-state index contributed by atoms with van der Waals surface area (Å²) < 4.78 is 0. The summed E-state index contributed by atoms with van der Waals surface area (Å²) in [4.78, 5) is 10.9. The lowest BCUT2D eigenvalue weighted by molar-refractivity contribution is 0.0696. The highest BCUT2D eigenvalue weighted by molar-refractivity contribution is 5.87. The highest BCUT2D eigenvalue weighted by Gasteiger charge is 2.14. The van der Waals surface area contributed by atoms with Crippen LogP contribution in [0.5, 0.6) is 0 Å². The summed E-state index contributed by atoms with van der Waals surface area (Å²) in [6.45, 7) is 10.8. The zero-order chi connectivity index (χ0) is 15.2. The molecule has 0 heterocycles. The minimum atomic E-state index is -0.870. The molecule has 0 spiro atoms. The second-order valence-electron chi connectivity index (χ2n) is 6.84. The van der Waals surface area contributed by atoms with Crippen molar-refractivity contribution in [3.8, 4) is 0 Å². The van der Waals surface area contributed by atoms with Gasteiger partial charge in [0.05, 0.1) is 5.56 Å². The van der Waals surface area contributed by atoms with E-state index in [0.717, 1.165) is 25.1 Å². The molecule has 3 heteroatoms. The van der Waals surface area contributed by atoms with E-state index in [4.69, 9.17) is 5.11 Å². The van der Waals surface area contributed by atoms with E-state index < -0.39 is 5.97 Å². The van der Waals surface area contributed by atoms with E-state index in [2.05, 4.69) is 33.0 Å². The van der Waals surface area contributed by atoms with Gasteiger partial charge in [0.25, 0.3) is 0 Å². The fraction of sp³-hybridized carbons (Fsp3) is 0.588. The molecule has 0 fully saturated rings. The Kier molecular flexibility index (Phi) is 6.21. The van der Waals surface area contributed by atoms with Gasteiger partial charge in [-0.25, -0.2) is 4.79 Å². The number of carboxylic acid groups (broad SMARTS) is 1. The van der Waals surface area contributed by atoms with Crippen molar-refractivity contribution in [3.05, 3.63) is 35.4 Å². The third-order valence-electron chi connectivity index (χ3n) is 3.28. The summed E-state index contributed by atoms with van der Waals surface area (Å²) >= 11 is 0. The van der Waals surface area contributed by atoms with Gasteiger partial charge >= 0.3 is 5.97 Å². The summed E-state index contributed by atoms with van der Waals surface area (Å²) in [5.41, 5.74) is 1.76. The van der Waals surface area contributed by atoms with E-state index >= 15 is 0 Å². The summed E-state index contributed by atoms with van der Waals surface area (Å²) in [6, 6.07) is 7.10. The van der Waals surface area contributed by atoms with Crippen molar-refractivity contribution in [3.63, 3.8) is 0 Å². The van der Waals surface area contributed by atoms with E-state index in [1.807, 2.05) is 6.07 Å². The van der Waals surface area contributed by atoms with E-state index in [0.29, 0.717) is 16.9 Å². The molecule has 0 saturated carbocycles. The number of carboxylic acids is 1. The lowest BCUT2D eigenvalue weighted by Gasteiger charge is -2.23. The van der Waals surface area contributed by atoms with Crippen molar-refractivity contribution in [1.82, 2.24) is 5.32 Å². The number of hydrogen-bond donors (Lipinski definition) is 2. The molecule has 0 radical (unpaired) electrons. The second-order valence-corrected chi connectivity index (χ2v) is 6.84. The molecule has 3 nitrogen and oxygen atoms in total. The highest BCUT2D eigenvalue weighted by Crippen LogP contribution is 2.25. The molecule has 0 aliphatic heterocycles. The van der Waals surface area contributed by atoms with Gasteiger partial charge in [0.1, 0.15) is 0 Å². The SMILES string of the molecule is CC(CCNCc1cccc(C(=O)O)c1)CC(C)(C)C. The number of rotatable bonds is 7. The Labute approximate surface area is 122 Å². The maximum atomic E-state index is 10.9. The fourth-order valence-electron chi connectivity index (χ4n) is 2.54. The predicted octanol–water partition coefficient (Wildman–Crippen LogP) is 3.94. The van der Waals surface area contributed by atoms with Gasteiger partial charge in [-0.2, -0.15) is 0 Å². The molecule has 1 aromatic rings. The maximum absolute atomic E-state index is 10.9. The average molecular weight is 277 g/mol. The quantitative estimate of drug-likeness (QED) is 0.742. The van der Waals surface area contributed by atoms with Crippen molar-refractivity contribution in [2.75, 3.05) is 6.54 Å². The van der Waals surface area contributed by atoms with Crippen LogP contribution in [-0.2, 0) is 6.54 Å². The first kappa shape index (κ1) is 16.7. The van der Waals surface area contributed by atoms with E-state index in [1.165, 1.54) is 6.42 Å². The summed E-state index contributed by atoms with van der Waals surface area (Å²) in [5.74, 6) is -0.168. The third kappa shape index (κ3) is 6.71. The Morgan fingerprint density at radius 3 is 2.65 bits per heavy atom. The number of carbonyl (C=O) groups is 1. The Morgan fingerprint density at radius 2 is 2.05 bits per heavy atom. The van der Waals surface area contributed by atoms with Crippen LogP contribution in [0.4, 0.5) is 0 Å². The van der Waals surface area contributed by atoms with Crippen LogP contribution >= 0.6 is 0 Å². The Hall–Kier alpha value is -1.35. The zero-order valence-corrected chi connectivity index (χ0v) is 13.1. The molecular weight excluding hydrogens is 250 g/mol. The normalized spacial score (nSPS) is 13.2. The van der Waals surface area contributed by atoms with Crippen LogP contribution in [0.25, 0.3) is 0 Å². The monoisotopic (exact) mass is 277 g/mol. The zero-order valence-electron chi connectivity index (χ0n) is 13.1. The van der Waals surface area contributed by atoms with Crippen molar-refractivity contribution >= 4 is 5.97 Å². The van der Waals surface area contributed by atoms with Gasteiger partial charge in [-0.15, -0.1) is 0 Å². The van der Waals surface area contributed by atoms with E-state index in [1.54, 1.807) is 18.2 Å². The first-order valence-corrected chi connectivity index (χ1v) is 7.31. The molecule has 0 aliphatic rings. The maximum Gasteiger partial charge on any atom is 0.335 e. The number of benzene rings is 1. The molecule has 0 aliphatic carbocycles. The van der Waals surface area contributed by atoms with Crippen LogP contribution in [0, 0.1) is 11.3 Å². The molecule has 0 bridgehead atoms. The standard InChI is InChI=1S/C17H27NO2/c1-13(11-17(2,3)4)8-9-18-12-14-6-5-7-15(10-14)16(19)20/h5-7,10,13,18H,8-9,11-12H2,1-4H3,(H,19,20). The predicted molar refractivity (Wildman–Crippen MR) is 83.0 cm³/mol. The van der Waals surface area contributed by atoms with E-state index in [-0.39, 0.29) is 0 Å². The molecule has 1 atom stereocenters. The summed E-state index contributed by atoms with van der Waals surface area (Å²) in [6.07, 6.45) is 2.37. The van der Waals surface area contributed by atoms with Crippen molar-refractivity contribution in [2.24, 2.45) is 11.3 Å². The van der Waals surface area contributed by atoms with Gasteiger partial charge in [0.15, 0.2) is 0 Å². The lowest BCUT2D eigenvalue weighted by atomic mass is 9.84. The first-order valence-electron chi connectivity index (χ1n) is 7.31. The van der Waals surface area contributed by atoms with Gasteiger partial charge in [-0.05, 0) is 48.4 Å². The third-order valence-corrected chi connectivity index (χ3v) is 3.28. The van der Waals surface area contributed by atoms with Crippen LogP contribution in [0.1, 0.15) is 56.5 Å². The summed E-state index contributed by atoms with van der Waals surface area (Å²) in [7, 11) is 0. The number of nitrogens with one attached hydrogen (secondary N) is 1. The van der Waals surface area contributed by atoms with Gasteiger partial charge in [0, 0.05) is 6.54 Å². The molecule has 1 aromatic carbocycles. The number of aromatic carboxylic acids is 1. The Balaban J connectivity index is 2.31. The van der Waals surface area contributed by atoms with Crippen LogP contribution in [0.2, 0.25) is 0 Å². The van der Waals surface area contributed by atoms with Crippen LogP contribution < -0.4 is 5.32 Å². The highest BCUT2D eigenvalue weighted by atomic mass is 16.4. The molecule has 0 amide bonds. The minimum absolute atomic E-state index is 0.352. The first-order chi connectivity index (χ1) is 9.28. The fourth-order valence-corrected chi connectivity index (χ4v) is 2.54. The van der Waals surface area contributed by atoms with Crippen LogP contribution in [0.3, 0.4) is 0 Å². The smallest absolute Gasteiger partial charge is 0.335 e. The molecule has 0 saturated heterocycles. The van der Waals surface area contributed by atoms with Crippen molar-refractivity contribution in [2.45, 2.75) is 47.1 Å². The van der Waals surface area contributed by atoms with E-state index in [9.17, 15) is 4.79 Å². The molecule has 2 N–H and O–H groups in total. The largest absolute Gasteiger partial charge is 0.478 e. The molecule has 1 rings (SSSR count). The van der Waals surface area contributed by atoms with Gasteiger partial charge in [0.2, 0.25) is 0 Å². The average Bonchev–Trinajstić information content (AvgIpc) is 2.33. The van der Waals surface area contributed by atoms with Crippen molar-refractivity contribution in [1.29, 1.82) is 0 Å². The minimum Gasteiger partial charge on any atom is -0.478 e. The molecular formula is C17H27NO2. The Morgan fingerprint density at radius 1 is 1.35 bits per heavy atom. The summed E-state index contributed by atoms with van der Waals surface area (Å²) in [5, 5.41) is 12.3. The van der Waals surface area contributed by atoms with Gasteiger partial charge in [-0.1, -0.05) is 39.8 Å². The van der Waals surface area contributed by atoms with Crippen LogP contribution in [-0.4, -0.2) is 17.6 Å². The van der Waals surface area contributed by atoms with Gasteiger partial charge < -0.3 is 10.4 Å². The van der Waals surface area contributed by atoms with Crippen LogP contribution in [0.15, 0.2) is 24.3 Å². The molecule has 112 valence electrons. The molecule has 0 aromatic heterocycles. The molecule has 20 heavy (non-hydrogen) atoms. The number of hydrogen-bond acceptors (Lipinski definition) is 2.